The van der Waals surface area contributed by atoms with Crippen molar-refractivity contribution in [3.05, 3.63) is 21.9 Å². The summed E-state index contributed by atoms with van der Waals surface area (Å²) in [4.78, 5) is 15.9. The zero-order valence-corrected chi connectivity index (χ0v) is 11.9. The Morgan fingerprint density at radius 2 is 2.28 bits per heavy atom. The van der Waals surface area contributed by atoms with Crippen molar-refractivity contribution in [2.75, 3.05) is 6.54 Å². The summed E-state index contributed by atoms with van der Waals surface area (Å²) >= 11 is 1.86. The normalized spacial score (nSPS) is 17.1. The standard InChI is InChI=1S/C14H21NO2S/c1-3-12-6-7-13(18-12)10(2)15(11-4-5-11)9-8-14(16)17/h6-7,10-11H,3-5,8-9H2,1-2H3,(H,16,17). The van der Waals surface area contributed by atoms with Gasteiger partial charge in [-0.25, -0.2) is 0 Å². The molecule has 0 amide bonds. The average molecular weight is 267 g/mol. The summed E-state index contributed by atoms with van der Waals surface area (Å²) in [6.45, 7) is 5.04. The Hall–Kier alpha value is -0.870. The van der Waals surface area contributed by atoms with Crippen LogP contribution in [0.15, 0.2) is 12.1 Å². The van der Waals surface area contributed by atoms with E-state index in [4.69, 9.17) is 5.11 Å². The summed E-state index contributed by atoms with van der Waals surface area (Å²) in [5.41, 5.74) is 0. The van der Waals surface area contributed by atoms with Crippen LogP contribution in [0.25, 0.3) is 0 Å². The maximum absolute atomic E-state index is 10.7. The zero-order chi connectivity index (χ0) is 13.1. The fourth-order valence-electron chi connectivity index (χ4n) is 2.30. The number of aliphatic carboxylic acids is 1. The van der Waals surface area contributed by atoms with Gasteiger partial charge in [-0.1, -0.05) is 6.92 Å². The lowest BCUT2D eigenvalue weighted by molar-refractivity contribution is -0.137. The van der Waals surface area contributed by atoms with E-state index >= 15 is 0 Å². The molecule has 1 aliphatic carbocycles. The van der Waals surface area contributed by atoms with Crippen LogP contribution in [-0.4, -0.2) is 28.6 Å². The molecular weight excluding hydrogens is 246 g/mol. The molecule has 3 nitrogen and oxygen atoms in total. The number of thiophene rings is 1. The summed E-state index contributed by atoms with van der Waals surface area (Å²) in [6, 6.07) is 5.34. The number of carbonyl (C=O) groups is 1. The Morgan fingerprint density at radius 3 is 2.78 bits per heavy atom. The molecule has 0 saturated heterocycles. The van der Waals surface area contributed by atoms with Gasteiger partial charge in [-0.3, -0.25) is 9.69 Å². The maximum atomic E-state index is 10.7. The van der Waals surface area contributed by atoms with Crippen molar-refractivity contribution in [3.63, 3.8) is 0 Å². The van der Waals surface area contributed by atoms with E-state index in [9.17, 15) is 4.79 Å². The van der Waals surface area contributed by atoms with Gasteiger partial charge in [-0.2, -0.15) is 0 Å². The molecule has 0 aromatic carbocycles. The maximum Gasteiger partial charge on any atom is 0.304 e. The molecule has 4 heteroatoms. The van der Waals surface area contributed by atoms with Gasteiger partial charge in [-0.15, -0.1) is 11.3 Å². The van der Waals surface area contributed by atoms with Crippen molar-refractivity contribution >= 4 is 17.3 Å². The molecule has 1 N–H and O–H groups in total. The SMILES string of the molecule is CCc1ccc(C(C)N(CCC(=O)O)C2CC2)s1. The summed E-state index contributed by atoms with van der Waals surface area (Å²) in [5, 5.41) is 8.84. The van der Waals surface area contributed by atoms with Gasteiger partial charge < -0.3 is 5.11 Å². The lowest BCUT2D eigenvalue weighted by Crippen LogP contribution is -2.31. The first-order chi connectivity index (χ1) is 8.61. The van der Waals surface area contributed by atoms with Gasteiger partial charge in [0.05, 0.1) is 6.42 Å². The van der Waals surface area contributed by atoms with Crippen molar-refractivity contribution in [1.29, 1.82) is 0 Å². The predicted octanol–water partition coefficient (Wildman–Crippen LogP) is 3.31. The molecule has 1 aromatic rings. The molecule has 18 heavy (non-hydrogen) atoms. The molecule has 1 aromatic heterocycles. The number of rotatable bonds is 7. The van der Waals surface area contributed by atoms with E-state index in [1.54, 1.807) is 0 Å². The smallest absolute Gasteiger partial charge is 0.304 e. The van der Waals surface area contributed by atoms with E-state index in [1.807, 2.05) is 11.3 Å². The van der Waals surface area contributed by atoms with E-state index in [0.29, 0.717) is 18.6 Å². The Bertz CT molecular complexity index is 412. The van der Waals surface area contributed by atoms with Crippen LogP contribution in [0.1, 0.15) is 48.9 Å². The predicted molar refractivity (Wildman–Crippen MR) is 74.1 cm³/mol. The summed E-state index contributed by atoms with van der Waals surface area (Å²) in [6.07, 6.45) is 3.76. The van der Waals surface area contributed by atoms with Crippen LogP contribution >= 0.6 is 11.3 Å². The highest BCUT2D eigenvalue weighted by Crippen LogP contribution is 2.36. The summed E-state index contributed by atoms with van der Waals surface area (Å²) in [5.74, 6) is -0.701. The molecule has 100 valence electrons. The number of carboxylic acid groups (broad SMARTS) is 1. The van der Waals surface area contributed by atoms with Gasteiger partial charge in [0.15, 0.2) is 0 Å². The lowest BCUT2D eigenvalue weighted by atomic mass is 10.2. The third-order valence-corrected chi connectivity index (χ3v) is 4.94. The first-order valence-electron chi connectivity index (χ1n) is 6.68. The largest absolute Gasteiger partial charge is 0.481 e. The van der Waals surface area contributed by atoms with Gasteiger partial charge in [0.2, 0.25) is 0 Å². The Labute approximate surface area is 112 Å². The van der Waals surface area contributed by atoms with Gasteiger partial charge in [0.1, 0.15) is 0 Å². The third kappa shape index (κ3) is 3.33. The van der Waals surface area contributed by atoms with Crippen molar-refractivity contribution in [2.24, 2.45) is 0 Å². The monoisotopic (exact) mass is 267 g/mol. The number of hydrogen-bond acceptors (Lipinski definition) is 3. The van der Waals surface area contributed by atoms with Crippen molar-refractivity contribution in [2.45, 2.75) is 51.6 Å². The summed E-state index contributed by atoms with van der Waals surface area (Å²) in [7, 11) is 0. The second kappa shape index (κ2) is 5.85. The number of aryl methyl sites for hydroxylation is 1. The van der Waals surface area contributed by atoms with E-state index < -0.39 is 5.97 Å². The van der Waals surface area contributed by atoms with Crippen molar-refractivity contribution < 1.29 is 9.90 Å². The first kappa shape index (κ1) is 13.6. The Kier molecular flexibility index (Phi) is 4.40. The highest BCUT2D eigenvalue weighted by molar-refractivity contribution is 7.12. The Balaban J connectivity index is 2.02. The fourth-order valence-corrected chi connectivity index (χ4v) is 3.32. The van der Waals surface area contributed by atoms with Gasteiger partial charge in [0.25, 0.3) is 0 Å². The van der Waals surface area contributed by atoms with Crippen LogP contribution in [0.2, 0.25) is 0 Å². The summed E-state index contributed by atoms with van der Waals surface area (Å²) < 4.78 is 0. The van der Waals surface area contributed by atoms with E-state index in [-0.39, 0.29) is 6.42 Å². The molecule has 0 aliphatic heterocycles. The van der Waals surface area contributed by atoms with Crippen LogP contribution in [0.4, 0.5) is 0 Å². The fraction of sp³-hybridized carbons (Fsp3) is 0.643. The van der Waals surface area contributed by atoms with Gasteiger partial charge in [0, 0.05) is 28.4 Å². The van der Waals surface area contributed by atoms with Crippen LogP contribution < -0.4 is 0 Å². The van der Waals surface area contributed by atoms with Crippen LogP contribution in [0.3, 0.4) is 0 Å². The molecule has 1 fully saturated rings. The van der Waals surface area contributed by atoms with E-state index in [1.165, 1.54) is 22.6 Å². The molecule has 1 heterocycles. The van der Waals surface area contributed by atoms with Crippen LogP contribution in [0, 0.1) is 0 Å². The molecule has 2 rings (SSSR count). The Morgan fingerprint density at radius 1 is 1.56 bits per heavy atom. The third-order valence-electron chi connectivity index (χ3n) is 3.54. The minimum Gasteiger partial charge on any atom is -0.481 e. The first-order valence-corrected chi connectivity index (χ1v) is 7.49. The average Bonchev–Trinajstić information content (AvgIpc) is 3.06. The minimum atomic E-state index is -0.701. The second-order valence-corrected chi connectivity index (χ2v) is 6.15. The molecule has 0 bridgehead atoms. The molecule has 1 unspecified atom stereocenters. The van der Waals surface area contributed by atoms with Gasteiger partial charge >= 0.3 is 5.97 Å². The molecule has 0 radical (unpaired) electrons. The van der Waals surface area contributed by atoms with Crippen molar-refractivity contribution in [1.82, 2.24) is 4.90 Å². The topological polar surface area (TPSA) is 40.5 Å². The second-order valence-electron chi connectivity index (χ2n) is 4.95. The van der Waals surface area contributed by atoms with Crippen molar-refractivity contribution in [3.8, 4) is 0 Å². The number of hydrogen-bond donors (Lipinski definition) is 1. The molecule has 1 atom stereocenters. The highest BCUT2D eigenvalue weighted by Gasteiger charge is 2.33. The van der Waals surface area contributed by atoms with Gasteiger partial charge in [-0.05, 0) is 38.3 Å². The van der Waals surface area contributed by atoms with Crippen LogP contribution in [0.5, 0.6) is 0 Å². The van der Waals surface area contributed by atoms with Crippen LogP contribution in [-0.2, 0) is 11.2 Å². The number of carboxylic acids is 1. The molecule has 1 aliphatic rings. The molecule has 1 saturated carbocycles. The quantitative estimate of drug-likeness (QED) is 0.824. The minimum absolute atomic E-state index is 0.243. The lowest BCUT2D eigenvalue weighted by Gasteiger charge is -2.27. The van der Waals surface area contributed by atoms with E-state index in [2.05, 4.69) is 30.9 Å². The van der Waals surface area contributed by atoms with E-state index in [0.717, 1.165) is 6.42 Å². The zero-order valence-electron chi connectivity index (χ0n) is 11.1. The highest BCUT2D eigenvalue weighted by atomic mass is 32.1. The number of nitrogens with zero attached hydrogens (tertiary/aromatic N) is 1. The molecular formula is C14H21NO2S. The molecule has 0 spiro atoms.